The van der Waals surface area contributed by atoms with Gasteiger partial charge in [0.1, 0.15) is 0 Å². The highest BCUT2D eigenvalue weighted by atomic mass is 19.4. The second kappa shape index (κ2) is 5.95. The summed E-state index contributed by atoms with van der Waals surface area (Å²) in [6.07, 6.45) is -1.63. The molecule has 1 saturated carbocycles. The average molecular weight is 271 g/mol. The van der Waals surface area contributed by atoms with Gasteiger partial charge in [0.05, 0.1) is 5.92 Å². The lowest BCUT2D eigenvalue weighted by molar-refractivity contribution is -0.189. The van der Waals surface area contributed by atoms with Crippen molar-refractivity contribution in [2.45, 2.75) is 51.4 Å². The van der Waals surface area contributed by atoms with Gasteiger partial charge in [-0.15, -0.1) is 0 Å². The van der Waals surface area contributed by atoms with Crippen LogP contribution in [0.1, 0.15) is 36.8 Å². The first-order chi connectivity index (χ1) is 8.98. The molecule has 0 heterocycles. The molecule has 1 aliphatic carbocycles. The summed E-state index contributed by atoms with van der Waals surface area (Å²) in [6, 6.07) is 7.38. The summed E-state index contributed by atoms with van der Waals surface area (Å²) >= 11 is 0. The molecule has 2 unspecified atom stereocenters. The highest BCUT2D eigenvalue weighted by Crippen LogP contribution is 2.37. The summed E-state index contributed by atoms with van der Waals surface area (Å²) in [5.74, 6) is -1.19. The largest absolute Gasteiger partial charge is 0.393 e. The summed E-state index contributed by atoms with van der Waals surface area (Å²) in [6.45, 7) is 2.50. The van der Waals surface area contributed by atoms with Crippen LogP contribution in [0.15, 0.2) is 24.3 Å². The number of hydrogen-bond acceptors (Lipinski definition) is 1. The second-order valence-electron chi connectivity index (χ2n) is 5.35. The van der Waals surface area contributed by atoms with Gasteiger partial charge in [0, 0.05) is 12.6 Å². The Balaban J connectivity index is 1.99. The molecule has 1 aliphatic rings. The fourth-order valence-electron chi connectivity index (χ4n) is 2.82. The van der Waals surface area contributed by atoms with E-state index < -0.39 is 18.1 Å². The third kappa shape index (κ3) is 3.72. The molecule has 19 heavy (non-hydrogen) atoms. The molecule has 0 aromatic heterocycles. The minimum Gasteiger partial charge on any atom is -0.309 e. The molecular weight excluding hydrogens is 251 g/mol. The lowest BCUT2D eigenvalue weighted by Gasteiger charge is -2.33. The maximum absolute atomic E-state index is 13.0. The predicted molar refractivity (Wildman–Crippen MR) is 69.8 cm³/mol. The highest BCUT2D eigenvalue weighted by Gasteiger charge is 2.45. The zero-order chi connectivity index (χ0) is 13.9. The van der Waals surface area contributed by atoms with Crippen LogP contribution in [0.4, 0.5) is 13.2 Å². The average Bonchev–Trinajstić information content (AvgIpc) is 2.37. The number of aryl methyl sites for hydroxylation is 1. The lowest BCUT2D eigenvalue weighted by Crippen LogP contribution is -2.45. The van der Waals surface area contributed by atoms with Gasteiger partial charge in [0.25, 0.3) is 0 Å². The van der Waals surface area contributed by atoms with Crippen LogP contribution in [0.25, 0.3) is 0 Å². The van der Waals surface area contributed by atoms with Crippen LogP contribution in [0, 0.1) is 12.8 Å². The summed E-state index contributed by atoms with van der Waals surface area (Å²) in [5.41, 5.74) is 2.20. The maximum Gasteiger partial charge on any atom is 0.393 e. The SMILES string of the molecule is Cc1ccccc1CNC1CCCCC1C(F)(F)F. The van der Waals surface area contributed by atoms with Crippen LogP contribution < -0.4 is 5.32 Å². The molecule has 0 bridgehead atoms. The molecular formula is C15H20F3N. The Hall–Kier alpha value is -1.03. The molecule has 1 aromatic rings. The fourth-order valence-corrected chi connectivity index (χ4v) is 2.82. The minimum atomic E-state index is -4.08. The van der Waals surface area contributed by atoms with Crippen LogP contribution >= 0.6 is 0 Å². The first kappa shape index (κ1) is 14.4. The maximum atomic E-state index is 13.0. The second-order valence-corrected chi connectivity index (χ2v) is 5.35. The Kier molecular flexibility index (Phi) is 4.50. The van der Waals surface area contributed by atoms with Gasteiger partial charge in [0.15, 0.2) is 0 Å². The van der Waals surface area contributed by atoms with E-state index in [1.165, 1.54) is 0 Å². The molecule has 0 saturated heterocycles. The first-order valence-electron chi connectivity index (χ1n) is 6.83. The van der Waals surface area contributed by atoms with E-state index in [0.717, 1.165) is 17.5 Å². The number of nitrogens with one attached hydrogen (secondary N) is 1. The monoisotopic (exact) mass is 271 g/mol. The fraction of sp³-hybridized carbons (Fsp3) is 0.600. The molecule has 1 aromatic carbocycles. The normalized spacial score (nSPS) is 24.4. The number of alkyl halides is 3. The van der Waals surface area contributed by atoms with Crippen molar-refractivity contribution >= 4 is 0 Å². The summed E-state index contributed by atoms with van der Waals surface area (Å²) < 4.78 is 38.9. The number of rotatable bonds is 3. The van der Waals surface area contributed by atoms with Gasteiger partial charge in [-0.05, 0) is 30.9 Å². The topological polar surface area (TPSA) is 12.0 Å². The third-order valence-corrected chi connectivity index (χ3v) is 4.00. The molecule has 1 fully saturated rings. The van der Waals surface area contributed by atoms with Gasteiger partial charge in [-0.25, -0.2) is 0 Å². The Morgan fingerprint density at radius 2 is 1.84 bits per heavy atom. The van der Waals surface area contributed by atoms with E-state index in [-0.39, 0.29) is 6.42 Å². The smallest absolute Gasteiger partial charge is 0.309 e. The van der Waals surface area contributed by atoms with Gasteiger partial charge in [-0.1, -0.05) is 37.1 Å². The molecule has 0 spiro atoms. The molecule has 0 amide bonds. The molecule has 2 atom stereocenters. The molecule has 1 N–H and O–H groups in total. The van der Waals surface area contributed by atoms with Crippen molar-refractivity contribution in [2.24, 2.45) is 5.92 Å². The van der Waals surface area contributed by atoms with Crippen LogP contribution in [0.3, 0.4) is 0 Å². The van der Waals surface area contributed by atoms with E-state index in [4.69, 9.17) is 0 Å². The Morgan fingerprint density at radius 1 is 1.16 bits per heavy atom. The van der Waals surface area contributed by atoms with Crippen molar-refractivity contribution in [3.8, 4) is 0 Å². The zero-order valence-electron chi connectivity index (χ0n) is 11.1. The van der Waals surface area contributed by atoms with Gasteiger partial charge in [0.2, 0.25) is 0 Å². The molecule has 1 nitrogen and oxygen atoms in total. The van der Waals surface area contributed by atoms with Crippen molar-refractivity contribution in [1.82, 2.24) is 5.32 Å². The van der Waals surface area contributed by atoms with Gasteiger partial charge in [-0.3, -0.25) is 0 Å². The van der Waals surface area contributed by atoms with Crippen LogP contribution in [0.5, 0.6) is 0 Å². The minimum absolute atomic E-state index is 0.259. The van der Waals surface area contributed by atoms with E-state index in [2.05, 4.69) is 5.32 Å². The van der Waals surface area contributed by atoms with Crippen LogP contribution in [-0.2, 0) is 6.54 Å². The molecule has 0 aliphatic heterocycles. The quantitative estimate of drug-likeness (QED) is 0.868. The van der Waals surface area contributed by atoms with E-state index in [1.54, 1.807) is 0 Å². The predicted octanol–water partition coefficient (Wildman–Crippen LogP) is 4.21. The van der Waals surface area contributed by atoms with Crippen molar-refractivity contribution in [3.05, 3.63) is 35.4 Å². The molecule has 106 valence electrons. The van der Waals surface area contributed by atoms with Crippen molar-refractivity contribution in [1.29, 1.82) is 0 Å². The number of benzene rings is 1. The number of halogens is 3. The Bertz CT molecular complexity index is 414. The van der Waals surface area contributed by atoms with Gasteiger partial charge >= 0.3 is 6.18 Å². The Morgan fingerprint density at radius 3 is 2.53 bits per heavy atom. The standard InChI is InChI=1S/C15H20F3N/c1-11-6-2-3-7-12(11)10-19-14-9-5-4-8-13(14)15(16,17)18/h2-3,6-7,13-14,19H,4-5,8-10H2,1H3. The Labute approximate surface area is 112 Å². The van der Waals surface area contributed by atoms with E-state index >= 15 is 0 Å². The van der Waals surface area contributed by atoms with Gasteiger partial charge < -0.3 is 5.32 Å². The van der Waals surface area contributed by atoms with Crippen LogP contribution in [0.2, 0.25) is 0 Å². The van der Waals surface area contributed by atoms with E-state index in [9.17, 15) is 13.2 Å². The zero-order valence-corrected chi connectivity index (χ0v) is 11.1. The number of hydrogen-bond donors (Lipinski definition) is 1. The van der Waals surface area contributed by atoms with Gasteiger partial charge in [-0.2, -0.15) is 13.2 Å². The van der Waals surface area contributed by atoms with E-state index in [0.29, 0.717) is 19.4 Å². The first-order valence-corrected chi connectivity index (χ1v) is 6.83. The van der Waals surface area contributed by atoms with Crippen molar-refractivity contribution in [3.63, 3.8) is 0 Å². The molecule has 2 rings (SSSR count). The third-order valence-electron chi connectivity index (χ3n) is 4.00. The van der Waals surface area contributed by atoms with Crippen molar-refractivity contribution in [2.75, 3.05) is 0 Å². The highest BCUT2D eigenvalue weighted by molar-refractivity contribution is 5.25. The van der Waals surface area contributed by atoms with Crippen molar-refractivity contribution < 1.29 is 13.2 Å². The van der Waals surface area contributed by atoms with Crippen LogP contribution in [-0.4, -0.2) is 12.2 Å². The lowest BCUT2D eigenvalue weighted by atomic mass is 9.84. The summed E-state index contributed by atoms with van der Waals surface area (Å²) in [5, 5.41) is 3.12. The van der Waals surface area contributed by atoms with E-state index in [1.807, 2.05) is 31.2 Å². The molecule has 0 radical (unpaired) electrons. The summed E-state index contributed by atoms with van der Waals surface area (Å²) in [7, 11) is 0. The molecule has 4 heteroatoms. The summed E-state index contributed by atoms with van der Waals surface area (Å²) in [4.78, 5) is 0.